The van der Waals surface area contributed by atoms with Crippen LogP contribution in [0.3, 0.4) is 0 Å². The van der Waals surface area contributed by atoms with Crippen molar-refractivity contribution >= 4 is 11.6 Å². The zero-order valence-electron chi connectivity index (χ0n) is 11.9. The van der Waals surface area contributed by atoms with Crippen LogP contribution in [0.15, 0.2) is 47.1 Å². The fourth-order valence-electron chi connectivity index (χ4n) is 1.90. The Labute approximate surface area is 124 Å². The third-order valence-electron chi connectivity index (χ3n) is 2.96. The molecule has 0 radical (unpaired) electrons. The average Bonchev–Trinajstić information content (AvgIpc) is 3.00. The van der Waals surface area contributed by atoms with E-state index in [4.69, 9.17) is 14.9 Å². The van der Waals surface area contributed by atoms with Gasteiger partial charge in [0.05, 0.1) is 6.26 Å². The summed E-state index contributed by atoms with van der Waals surface area (Å²) in [6.07, 6.45) is 2.70. The Morgan fingerprint density at radius 3 is 2.95 bits per heavy atom. The van der Waals surface area contributed by atoms with Crippen LogP contribution in [0.2, 0.25) is 0 Å². The number of carbonyl (C=O) groups excluding carboxylic acids is 1. The Bertz CT molecular complexity index is 552. The smallest absolute Gasteiger partial charge is 0.224 e. The van der Waals surface area contributed by atoms with Crippen LogP contribution in [-0.2, 0) is 22.7 Å². The molecule has 0 saturated heterocycles. The van der Waals surface area contributed by atoms with E-state index < -0.39 is 0 Å². The number of rotatable bonds is 8. The van der Waals surface area contributed by atoms with E-state index in [-0.39, 0.29) is 5.91 Å². The lowest BCUT2D eigenvalue weighted by atomic mass is 10.2. The minimum Gasteiger partial charge on any atom is -0.467 e. The molecule has 0 unspecified atom stereocenters. The van der Waals surface area contributed by atoms with E-state index in [9.17, 15) is 4.79 Å². The molecule has 1 amide bonds. The molecule has 1 aromatic heterocycles. The van der Waals surface area contributed by atoms with Crippen molar-refractivity contribution in [3.05, 3.63) is 54.0 Å². The Morgan fingerprint density at radius 1 is 1.29 bits per heavy atom. The van der Waals surface area contributed by atoms with Gasteiger partial charge in [-0.2, -0.15) is 0 Å². The van der Waals surface area contributed by atoms with Gasteiger partial charge < -0.3 is 20.2 Å². The van der Waals surface area contributed by atoms with E-state index in [1.807, 2.05) is 36.4 Å². The molecule has 0 aliphatic rings. The van der Waals surface area contributed by atoms with Crippen molar-refractivity contribution in [2.45, 2.75) is 26.0 Å². The van der Waals surface area contributed by atoms with Gasteiger partial charge in [-0.25, -0.2) is 0 Å². The van der Waals surface area contributed by atoms with Gasteiger partial charge in [-0.1, -0.05) is 12.1 Å². The van der Waals surface area contributed by atoms with E-state index in [0.29, 0.717) is 32.6 Å². The van der Waals surface area contributed by atoms with Gasteiger partial charge in [0.15, 0.2) is 0 Å². The van der Waals surface area contributed by atoms with Crippen molar-refractivity contribution in [1.29, 1.82) is 0 Å². The van der Waals surface area contributed by atoms with E-state index >= 15 is 0 Å². The molecule has 21 heavy (non-hydrogen) atoms. The molecule has 0 bridgehead atoms. The van der Waals surface area contributed by atoms with Gasteiger partial charge in [-0.3, -0.25) is 4.79 Å². The minimum atomic E-state index is -0.0224. The molecule has 0 saturated carbocycles. The van der Waals surface area contributed by atoms with Crippen LogP contribution in [0.5, 0.6) is 0 Å². The van der Waals surface area contributed by atoms with Crippen LogP contribution in [0.4, 0.5) is 5.69 Å². The number of benzene rings is 1. The van der Waals surface area contributed by atoms with Crippen molar-refractivity contribution in [3.63, 3.8) is 0 Å². The van der Waals surface area contributed by atoms with Crippen molar-refractivity contribution in [2.24, 2.45) is 5.73 Å². The van der Waals surface area contributed by atoms with E-state index in [1.54, 1.807) is 6.26 Å². The summed E-state index contributed by atoms with van der Waals surface area (Å²) in [6, 6.07) is 11.2. The maximum Gasteiger partial charge on any atom is 0.224 e. The number of hydrogen-bond acceptors (Lipinski definition) is 4. The van der Waals surface area contributed by atoms with Gasteiger partial charge in [0.2, 0.25) is 5.91 Å². The lowest BCUT2D eigenvalue weighted by Gasteiger charge is -2.07. The number of furan rings is 1. The molecule has 3 N–H and O–H groups in total. The number of nitrogens with two attached hydrogens (primary N) is 1. The number of amides is 1. The normalized spacial score (nSPS) is 10.5. The second-order valence-corrected chi connectivity index (χ2v) is 4.69. The van der Waals surface area contributed by atoms with Gasteiger partial charge in [0.1, 0.15) is 12.4 Å². The molecule has 2 aromatic rings. The summed E-state index contributed by atoms with van der Waals surface area (Å²) >= 11 is 0. The van der Waals surface area contributed by atoms with Crippen LogP contribution >= 0.6 is 0 Å². The quantitative estimate of drug-likeness (QED) is 0.732. The minimum absolute atomic E-state index is 0.0224. The zero-order valence-corrected chi connectivity index (χ0v) is 11.9. The molecular formula is C16H20N2O3. The predicted molar refractivity (Wildman–Crippen MR) is 80.6 cm³/mol. The summed E-state index contributed by atoms with van der Waals surface area (Å²) < 4.78 is 10.6. The van der Waals surface area contributed by atoms with Crippen LogP contribution in [-0.4, -0.2) is 12.5 Å². The SMILES string of the molecule is NCc1cccc(NC(=O)CCCOCc2ccco2)c1. The molecule has 0 aliphatic heterocycles. The average molecular weight is 288 g/mol. The van der Waals surface area contributed by atoms with Crippen molar-refractivity contribution < 1.29 is 13.9 Å². The maximum atomic E-state index is 11.8. The molecule has 0 fully saturated rings. The van der Waals surface area contributed by atoms with Gasteiger partial charge in [0, 0.05) is 25.3 Å². The van der Waals surface area contributed by atoms with Crippen molar-refractivity contribution in [3.8, 4) is 0 Å². The van der Waals surface area contributed by atoms with Gasteiger partial charge in [-0.05, 0) is 36.2 Å². The number of nitrogens with one attached hydrogen (secondary N) is 1. The Hall–Kier alpha value is -2.11. The van der Waals surface area contributed by atoms with E-state index in [0.717, 1.165) is 17.0 Å². The standard InChI is InChI=1S/C16H20N2O3/c17-11-13-4-1-5-14(10-13)18-16(19)7-3-8-20-12-15-6-2-9-21-15/h1-2,4-6,9-10H,3,7-8,11-12,17H2,(H,18,19). The predicted octanol–water partition coefficient (Wildman–Crippen LogP) is 2.67. The van der Waals surface area contributed by atoms with Crippen molar-refractivity contribution in [2.75, 3.05) is 11.9 Å². The lowest BCUT2D eigenvalue weighted by Crippen LogP contribution is -2.12. The first-order chi connectivity index (χ1) is 10.3. The van der Waals surface area contributed by atoms with Gasteiger partial charge in [0.25, 0.3) is 0 Å². The summed E-state index contributed by atoms with van der Waals surface area (Å²) in [5.41, 5.74) is 7.34. The highest BCUT2D eigenvalue weighted by atomic mass is 16.5. The van der Waals surface area contributed by atoms with Gasteiger partial charge >= 0.3 is 0 Å². The molecule has 2 rings (SSSR count). The maximum absolute atomic E-state index is 11.8. The summed E-state index contributed by atoms with van der Waals surface area (Å²) in [7, 11) is 0. The fraction of sp³-hybridized carbons (Fsp3) is 0.312. The molecule has 0 spiro atoms. The van der Waals surface area contributed by atoms with Gasteiger partial charge in [-0.15, -0.1) is 0 Å². The summed E-state index contributed by atoms with van der Waals surface area (Å²) in [6.45, 7) is 1.43. The zero-order chi connectivity index (χ0) is 14.9. The molecule has 5 nitrogen and oxygen atoms in total. The highest BCUT2D eigenvalue weighted by Crippen LogP contribution is 2.11. The first-order valence-corrected chi connectivity index (χ1v) is 6.97. The Kier molecular flexibility index (Phi) is 5.99. The number of hydrogen-bond donors (Lipinski definition) is 2. The molecular weight excluding hydrogens is 268 g/mol. The largest absolute Gasteiger partial charge is 0.467 e. The highest BCUT2D eigenvalue weighted by Gasteiger charge is 2.03. The first-order valence-electron chi connectivity index (χ1n) is 6.97. The van der Waals surface area contributed by atoms with Crippen LogP contribution in [0, 0.1) is 0 Å². The van der Waals surface area contributed by atoms with Crippen molar-refractivity contribution in [1.82, 2.24) is 0 Å². The first kappa shape index (κ1) is 15.3. The Morgan fingerprint density at radius 2 is 2.19 bits per heavy atom. The van der Waals surface area contributed by atoms with E-state index in [1.165, 1.54) is 0 Å². The molecule has 5 heteroatoms. The fourth-order valence-corrected chi connectivity index (χ4v) is 1.90. The summed E-state index contributed by atoms with van der Waals surface area (Å²) in [5.74, 6) is 0.767. The van der Waals surface area contributed by atoms with E-state index in [2.05, 4.69) is 5.32 Å². The lowest BCUT2D eigenvalue weighted by molar-refractivity contribution is -0.116. The highest BCUT2D eigenvalue weighted by molar-refractivity contribution is 5.90. The monoisotopic (exact) mass is 288 g/mol. The second-order valence-electron chi connectivity index (χ2n) is 4.69. The number of ether oxygens (including phenoxy) is 1. The molecule has 1 aromatic carbocycles. The number of anilines is 1. The number of carbonyl (C=O) groups is 1. The summed E-state index contributed by atoms with van der Waals surface area (Å²) in [4.78, 5) is 11.8. The summed E-state index contributed by atoms with van der Waals surface area (Å²) in [5, 5.41) is 2.85. The third kappa shape index (κ3) is 5.41. The second kappa shape index (κ2) is 8.24. The van der Waals surface area contributed by atoms with Crippen LogP contribution < -0.4 is 11.1 Å². The Balaban J connectivity index is 1.63. The third-order valence-corrected chi connectivity index (χ3v) is 2.96. The molecule has 1 heterocycles. The topological polar surface area (TPSA) is 77.5 Å². The van der Waals surface area contributed by atoms with Crippen LogP contribution in [0.1, 0.15) is 24.2 Å². The molecule has 112 valence electrons. The van der Waals surface area contributed by atoms with Crippen LogP contribution in [0.25, 0.3) is 0 Å². The molecule has 0 atom stereocenters. The molecule has 0 aliphatic carbocycles.